The average molecular weight is 390 g/mol. The van der Waals surface area contributed by atoms with Gasteiger partial charge in [0.05, 0.1) is 21.3 Å². The lowest BCUT2D eigenvalue weighted by atomic mass is 9.95. The second-order valence-corrected chi connectivity index (χ2v) is 7.41. The summed E-state index contributed by atoms with van der Waals surface area (Å²) in [5.74, 6) is 1.06. The zero-order valence-corrected chi connectivity index (χ0v) is 17.0. The molecule has 0 bridgehead atoms. The lowest BCUT2D eigenvalue weighted by Crippen LogP contribution is -2.49. The van der Waals surface area contributed by atoms with Gasteiger partial charge in [0.25, 0.3) is 5.91 Å². The van der Waals surface area contributed by atoms with Crippen LogP contribution in [0.25, 0.3) is 0 Å². The summed E-state index contributed by atoms with van der Waals surface area (Å²) in [4.78, 5) is 27.7. The van der Waals surface area contributed by atoms with Gasteiger partial charge in [0.2, 0.25) is 11.7 Å². The second kappa shape index (κ2) is 9.17. The highest BCUT2D eigenvalue weighted by molar-refractivity contribution is 5.99. The average Bonchev–Trinajstić information content (AvgIpc) is 3.22. The van der Waals surface area contributed by atoms with E-state index in [1.807, 2.05) is 0 Å². The molecule has 1 N–H and O–H groups in total. The van der Waals surface area contributed by atoms with Crippen LogP contribution in [0.5, 0.6) is 17.2 Å². The SMILES string of the molecule is COc1cc(C(=O)N2CCC[C@@H]2C(=O)NC2CCCCC2)cc(OC)c1OC. The van der Waals surface area contributed by atoms with Gasteiger partial charge in [0, 0.05) is 18.2 Å². The van der Waals surface area contributed by atoms with Crippen LogP contribution in [0, 0.1) is 0 Å². The van der Waals surface area contributed by atoms with E-state index in [4.69, 9.17) is 14.2 Å². The van der Waals surface area contributed by atoms with Crippen molar-refractivity contribution in [1.82, 2.24) is 10.2 Å². The number of amides is 2. The standard InChI is InChI=1S/C21H30N2O5/c1-26-17-12-14(13-18(27-2)19(17)28-3)21(25)23-11-7-10-16(23)20(24)22-15-8-5-4-6-9-15/h12-13,15-16H,4-11H2,1-3H3,(H,22,24)/t16-/m1/s1. The van der Waals surface area contributed by atoms with Crippen LogP contribution in [0.1, 0.15) is 55.3 Å². The first-order valence-electron chi connectivity index (χ1n) is 10.0. The predicted octanol–water partition coefficient (Wildman–Crippen LogP) is 2.77. The van der Waals surface area contributed by atoms with E-state index in [9.17, 15) is 9.59 Å². The minimum atomic E-state index is -0.423. The topological polar surface area (TPSA) is 77.1 Å². The largest absolute Gasteiger partial charge is 0.493 e. The third kappa shape index (κ3) is 4.18. The third-order valence-electron chi connectivity index (χ3n) is 5.68. The van der Waals surface area contributed by atoms with Gasteiger partial charge in [-0.15, -0.1) is 0 Å². The first-order valence-corrected chi connectivity index (χ1v) is 10.0. The number of hydrogen-bond acceptors (Lipinski definition) is 5. The Hall–Kier alpha value is -2.44. The molecule has 1 aromatic carbocycles. The summed E-state index contributed by atoms with van der Waals surface area (Å²) in [7, 11) is 4.55. The van der Waals surface area contributed by atoms with Crippen molar-refractivity contribution in [3.8, 4) is 17.2 Å². The van der Waals surface area contributed by atoms with Gasteiger partial charge < -0.3 is 24.4 Å². The van der Waals surface area contributed by atoms with E-state index in [1.165, 1.54) is 27.8 Å². The molecule has 7 heteroatoms. The summed E-state index contributed by atoms with van der Waals surface area (Å²) in [5, 5.41) is 3.16. The fraction of sp³-hybridized carbons (Fsp3) is 0.619. The van der Waals surface area contributed by atoms with E-state index in [0.717, 1.165) is 32.1 Å². The molecule has 0 spiro atoms. The van der Waals surface area contributed by atoms with Crippen LogP contribution in [0.3, 0.4) is 0 Å². The smallest absolute Gasteiger partial charge is 0.254 e. The van der Waals surface area contributed by atoms with Crippen molar-refractivity contribution in [2.75, 3.05) is 27.9 Å². The summed E-state index contributed by atoms with van der Waals surface area (Å²) >= 11 is 0. The zero-order valence-electron chi connectivity index (χ0n) is 17.0. The molecule has 1 atom stereocenters. The van der Waals surface area contributed by atoms with Crippen LogP contribution in [0.4, 0.5) is 0 Å². The first kappa shape index (κ1) is 20.3. The second-order valence-electron chi connectivity index (χ2n) is 7.41. The molecule has 1 aliphatic carbocycles. The molecular formula is C21H30N2O5. The van der Waals surface area contributed by atoms with Gasteiger partial charge in [-0.25, -0.2) is 0 Å². The third-order valence-corrected chi connectivity index (χ3v) is 5.68. The number of nitrogens with zero attached hydrogens (tertiary/aromatic N) is 1. The number of nitrogens with one attached hydrogen (secondary N) is 1. The Bertz CT molecular complexity index is 690. The van der Waals surface area contributed by atoms with Gasteiger partial charge in [-0.1, -0.05) is 19.3 Å². The summed E-state index contributed by atoms with van der Waals surface area (Å²) in [5.41, 5.74) is 0.423. The van der Waals surface area contributed by atoms with Crippen molar-refractivity contribution in [1.29, 1.82) is 0 Å². The Labute approximate surface area is 166 Å². The van der Waals surface area contributed by atoms with E-state index in [-0.39, 0.29) is 17.9 Å². The predicted molar refractivity (Wildman–Crippen MR) is 105 cm³/mol. The molecule has 2 aliphatic rings. The maximum absolute atomic E-state index is 13.2. The van der Waals surface area contributed by atoms with Gasteiger partial charge >= 0.3 is 0 Å². The normalized spacial score (nSPS) is 20.0. The number of carbonyl (C=O) groups excluding carboxylic acids is 2. The summed E-state index contributed by atoms with van der Waals surface area (Å²) in [6.07, 6.45) is 7.11. The minimum Gasteiger partial charge on any atom is -0.493 e. The molecule has 7 nitrogen and oxygen atoms in total. The first-order chi connectivity index (χ1) is 13.6. The fourth-order valence-corrected chi connectivity index (χ4v) is 4.20. The van der Waals surface area contributed by atoms with Gasteiger partial charge in [0.1, 0.15) is 6.04 Å². The molecule has 0 unspecified atom stereocenters. The monoisotopic (exact) mass is 390 g/mol. The molecule has 3 rings (SSSR count). The van der Waals surface area contributed by atoms with Crippen LogP contribution in [0.2, 0.25) is 0 Å². The number of ether oxygens (including phenoxy) is 3. The zero-order chi connectivity index (χ0) is 20.1. The van der Waals surface area contributed by atoms with Crippen molar-refractivity contribution in [2.24, 2.45) is 0 Å². The van der Waals surface area contributed by atoms with E-state index < -0.39 is 6.04 Å². The molecule has 1 heterocycles. The molecule has 154 valence electrons. The van der Waals surface area contributed by atoms with Gasteiger partial charge in [-0.05, 0) is 37.8 Å². The summed E-state index contributed by atoms with van der Waals surface area (Å²) in [6, 6.07) is 3.09. The Morgan fingerprint density at radius 2 is 1.57 bits per heavy atom. The Morgan fingerprint density at radius 3 is 2.14 bits per heavy atom. The molecule has 0 aromatic heterocycles. The Balaban J connectivity index is 1.77. The number of carbonyl (C=O) groups is 2. The molecule has 1 aliphatic heterocycles. The van der Waals surface area contributed by atoms with Crippen LogP contribution in [-0.4, -0.2) is 56.7 Å². The highest BCUT2D eigenvalue weighted by Crippen LogP contribution is 2.39. The highest BCUT2D eigenvalue weighted by atomic mass is 16.5. The quantitative estimate of drug-likeness (QED) is 0.808. The summed E-state index contributed by atoms with van der Waals surface area (Å²) in [6.45, 7) is 0.568. The van der Waals surface area contributed by atoms with Gasteiger partial charge in [0.15, 0.2) is 11.5 Å². The number of benzene rings is 1. The molecule has 1 saturated carbocycles. The van der Waals surface area contributed by atoms with Crippen molar-refractivity contribution in [3.05, 3.63) is 17.7 Å². The van der Waals surface area contributed by atoms with Crippen LogP contribution < -0.4 is 19.5 Å². The molecule has 1 aromatic rings. The maximum atomic E-state index is 13.2. The lowest BCUT2D eigenvalue weighted by molar-refractivity contribution is -0.125. The molecular weight excluding hydrogens is 360 g/mol. The maximum Gasteiger partial charge on any atom is 0.254 e. The Morgan fingerprint density at radius 1 is 0.929 bits per heavy atom. The van der Waals surface area contributed by atoms with E-state index in [0.29, 0.717) is 35.8 Å². The van der Waals surface area contributed by atoms with E-state index in [2.05, 4.69) is 5.32 Å². The lowest BCUT2D eigenvalue weighted by Gasteiger charge is -2.28. The highest BCUT2D eigenvalue weighted by Gasteiger charge is 2.36. The molecule has 0 radical (unpaired) electrons. The van der Waals surface area contributed by atoms with Crippen LogP contribution >= 0.6 is 0 Å². The molecule has 28 heavy (non-hydrogen) atoms. The molecule has 2 amide bonds. The van der Waals surface area contributed by atoms with Crippen molar-refractivity contribution >= 4 is 11.8 Å². The Kier molecular flexibility index (Phi) is 6.65. The number of likely N-dealkylation sites (tertiary alicyclic amines) is 1. The number of hydrogen-bond donors (Lipinski definition) is 1. The fourth-order valence-electron chi connectivity index (χ4n) is 4.20. The minimum absolute atomic E-state index is 0.0369. The molecule has 1 saturated heterocycles. The van der Waals surface area contributed by atoms with Crippen molar-refractivity contribution in [2.45, 2.75) is 57.0 Å². The number of methoxy groups -OCH3 is 3. The molecule has 2 fully saturated rings. The van der Waals surface area contributed by atoms with E-state index in [1.54, 1.807) is 17.0 Å². The van der Waals surface area contributed by atoms with Crippen molar-refractivity contribution < 1.29 is 23.8 Å². The van der Waals surface area contributed by atoms with Crippen molar-refractivity contribution in [3.63, 3.8) is 0 Å². The van der Waals surface area contributed by atoms with Crippen LogP contribution in [-0.2, 0) is 4.79 Å². The van der Waals surface area contributed by atoms with E-state index >= 15 is 0 Å². The van der Waals surface area contributed by atoms with Gasteiger partial charge in [-0.3, -0.25) is 9.59 Å². The number of rotatable bonds is 6. The summed E-state index contributed by atoms with van der Waals surface area (Å²) < 4.78 is 16.0. The van der Waals surface area contributed by atoms with Gasteiger partial charge in [-0.2, -0.15) is 0 Å². The van der Waals surface area contributed by atoms with Crippen LogP contribution in [0.15, 0.2) is 12.1 Å².